The van der Waals surface area contributed by atoms with Crippen LogP contribution in [0.15, 0.2) is 15.3 Å². The zero-order chi connectivity index (χ0) is 8.43. The summed E-state index contributed by atoms with van der Waals surface area (Å²) < 4.78 is 5.88. The third-order valence-electron chi connectivity index (χ3n) is 1.14. The van der Waals surface area contributed by atoms with E-state index in [0.717, 1.165) is 4.60 Å². The van der Waals surface area contributed by atoms with Gasteiger partial charge in [0.1, 0.15) is 0 Å². The van der Waals surface area contributed by atoms with Crippen molar-refractivity contribution in [3.63, 3.8) is 0 Å². The summed E-state index contributed by atoms with van der Waals surface area (Å²) in [5.41, 5.74) is 0.486. The Morgan fingerprint density at radius 2 is 2.27 bits per heavy atom. The number of H-pyrrole nitrogens is 1. The molecule has 0 unspecified atom stereocenters. The van der Waals surface area contributed by atoms with E-state index in [1.54, 1.807) is 6.07 Å². The Balaban J connectivity index is 3.03. The van der Waals surface area contributed by atoms with Gasteiger partial charge in [-0.05, 0) is 37.9 Å². The number of carbonyl (C=O) groups excluding carboxylic acids is 1. The van der Waals surface area contributed by atoms with Crippen LogP contribution in [0, 0.1) is 0 Å². The molecule has 60 valence electrons. The van der Waals surface area contributed by atoms with Crippen LogP contribution in [0.4, 0.5) is 0 Å². The second kappa shape index (κ2) is 3.40. The fourth-order valence-corrected chi connectivity index (χ4v) is 1.84. The van der Waals surface area contributed by atoms with Crippen LogP contribution in [0.5, 0.6) is 0 Å². The zero-order valence-corrected chi connectivity index (χ0v) is 8.82. The minimum Gasteiger partial charge on any atom is -0.465 e. The Labute approximate surface area is 80.4 Å². The van der Waals surface area contributed by atoms with Gasteiger partial charge in [-0.1, -0.05) is 0 Å². The molecular weight excluding hydrogens is 278 g/mol. The van der Waals surface area contributed by atoms with Gasteiger partial charge in [0.2, 0.25) is 0 Å². The zero-order valence-electron chi connectivity index (χ0n) is 5.65. The topological polar surface area (TPSA) is 42.1 Å². The van der Waals surface area contributed by atoms with Crippen molar-refractivity contribution >= 4 is 37.8 Å². The molecule has 1 rings (SSSR count). The van der Waals surface area contributed by atoms with Crippen LogP contribution in [0.1, 0.15) is 10.4 Å². The number of ether oxygens (including phenoxy) is 1. The molecule has 0 saturated carbocycles. The quantitative estimate of drug-likeness (QED) is 0.804. The summed E-state index contributed by atoms with van der Waals surface area (Å²) in [7, 11) is 1.34. The van der Waals surface area contributed by atoms with Crippen molar-refractivity contribution < 1.29 is 9.53 Å². The molecule has 1 aromatic rings. The molecule has 0 bridgehead atoms. The fraction of sp³-hybridized carbons (Fsp3) is 0.167. The summed E-state index contributed by atoms with van der Waals surface area (Å²) >= 11 is 6.36. The lowest BCUT2D eigenvalue weighted by molar-refractivity contribution is 0.0600. The summed E-state index contributed by atoms with van der Waals surface area (Å²) in [5, 5.41) is 0. The minimum absolute atomic E-state index is 0.362. The van der Waals surface area contributed by atoms with Gasteiger partial charge in [0.25, 0.3) is 0 Å². The van der Waals surface area contributed by atoms with E-state index in [0.29, 0.717) is 10.2 Å². The molecule has 0 spiro atoms. The summed E-state index contributed by atoms with van der Waals surface area (Å²) in [5.74, 6) is -0.362. The monoisotopic (exact) mass is 281 g/mol. The Kier molecular flexibility index (Phi) is 2.72. The van der Waals surface area contributed by atoms with Crippen molar-refractivity contribution in [2.24, 2.45) is 0 Å². The first-order valence-electron chi connectivity index (χ1n) is 2.77. The number of nitrogens with one attached hydrogen (secondary N) is 1. The fourth-order valence-electron chi connectivity index (χ4n) is 0.657. The van der Waals surface area contributed by atoms with E-state index in [2.05, 4.69) is 41.6 Å². The summed E-state index contributed by atoms with van der Waals surface area (Å²) in [4.78, 5) is 13.8. The Hall–Kier alpha value is -0.290. The van der Waals surface area contributed by atoms with Gasteiger partial charge < -0.3 is 9.72 Å². The van der Waals surface area contributed by atoms with Gasteiger partial charge >= 0.3 is 5.97 Å². The maximum atomic E-state index is 11.0. The van der Waals surface area contributed by atoms with Crippen LogP contribution in [0.3, 0.4) is 0 Å². The van der Waals surface area contributed by atoms with Crippen LogP contribution in [-0.2, 0) is 4.74 Å². The summed E-state index contributed by atoms with van der Waals surface area (Å²) in [6, 6.07) is 1.65. The molecule has 1 aromatic heterocycles. The highest BCUT2D eigenvalue weighted by Gasteiger charge is 2.12. The van der Waals surface area contributed by atoms with Gasteiger partial charge in [0, 0.05) is 0 Å². The molecule has 0 saturated heterocycles. The highest BCUT2D eigenvalue weighted by molar-refractivity contribution is 9.11. The van der Waals surface area contributed by atoms with E-state index in [-0.39, 0.29) is 5.97 Å². The van der Waals surface area contributed by atoms with E-state index in [1.807, 2.05) is 0 Å². The van der Waals surface area contributed by atoms with E-state index >= 15 is 0 Å². The minimum atomic E-state index is -0.362. The van der Waals surface area contributed by atoms with Crippen molar-refractivity contribution in [3.8, 4) is 0 Å². The van der Waals surface area contributed by atoms with Crippen LogP contribution >= 0.6 is 31.9 Å². The number of esters is 1. The van der Waals surface area contributed by atoms with E-state index in [1.165, 1.54) is 7.11 Å². The molecule has 1 heterocycles. The maximum Gasteiger partial charge on any atom is 0.340 e. The second-order valence-electron chi connectivity index (χ2n) is 1.84. The van der Waals surface area contributed by atoms with Gasteiger partial charge in [-0.2, -0.15) is 0 Å². The number of hydrogen-bond donors (Lipinski definition) is 1. The third-order valence-corrected chi connectivity index (χ3v) is 2.19. The van der Waals surface area contributed by atoms with Gasteiger partial charge in [-0.15, -0.1) is 0 Å². The average Bonchev–Trinajstić information content (AvgIpc) is 2.28. The van der Waals surface area contributed by atoms with Gasteiger partial charge in [-0.25, -0.2) is 4.79 Å². The second-order valence-corrected chi connectivity index (χ2v) is 3.48. The lowest BCUT2D eigenvalue weighted by Crippen LogP contribution is -1.99. The average molecular weight is 283 g/mol. The summed E-state index contributed by atoms with van der Waals surface area (Å²) in [6.07, 6.45) is 0. The predicted octanol–water partition coefficient (Wildman–Crippen LogP) is 2.33. The Morgan fingerprint density at radius 3 is 2.64 bits per heavy atom. The first-order chi connectivity index (χ1) is 5.15. The van der Waals surface area contributed by atoms with Crippen LogP contribution in [-0.4, -0.2) is 18.1 Å². The van der Waals surface area contributed by atoms with Gasteiger partial charge in [0.05, 0.1) is 21.9 Å². The molecular formula is C6H5Br2NO2. The molecule has 0 radical (unpaired) electrons. The number of methoxy groups -OCH3 is 1. The van der Waals surface area contributed by atoms with Crippen LogP contribution in [0.25, 0.3) is 0 Å². The molecule has 0 aromatic carbocycles. The lowest BCUT2D eigenvalue weighted by atomic mass is 10.3. The normalized spacial score (nSPS) is 9.73. The molecule has 0 fully saturated rings. The molecule has 11 heavy (non-hydrogen) atoms. The molecule has 0 atom stereocenters. The maximum absolute atomic E-state index is 11.0. The van der Waals surface area contributed by atoms with Crippen molar-refractivity contribution in [1.29, 1.82) is 0 Å². The van der Waals surface area contributed by atoms with Gasteiger partial charge in [-0.3, -0.25) is 0 Å². The molecule has 5 heteroatoms. The molecule has 1 N–H and O–H groups in total. The molecule has 0 aliphatic heterocycles. The summed E-state index contributed by atoms with van der Waals surface area (Å²) in [6.45, 7) is 0. The third kappa shape index (κ3) is 1.84. The van der Waals surface area contributed by atoms with Crippen molar-refractivity contribution in [2.75, 3.05) is 7.11 Å². The number of halogens is 2. The van der Waals surface area contributed by atoms with Crippen LogP contribution in [0.2, 0.25) is 0 Å². The highest BCUT2D eigenvalue weighted by atomic mass is 79.9. The largest absolute Gasteiger partial charge is 0.465 e. The van der Waals surface area contributed by atoms with E-state index < -0.39 is 0 Å². The standard InChI is InChI=1S/C6H5Br2NO2/c1-11-6(10)3-2-4(7)9-5(3)8/h2,9H,1H3. The Bertz CT molecular complexity index is 282. The highest BCUT2D eigenvalue weighted by Crippen LogP contribution is 2.21. The number of hydrogen-bond acceptors (Lipinski definition) is 2. The van der Waals surface area contributed by atoms with Crippen molar-refractivity contribution in [2.45, 2.75) is 0 Å². The number of aromatic nitrogens is 1. The molecule has 3 nitrogen and oxygen atoms in total. The smallest absolute Gasteiger partial charge is 0.340 e. The molecule has 0 aliphatic rings. The first kappa shape index (κ1) is 8.80. The van der Waals surface area contributed by atoms with Gasteiger partial charge in [0.15, 0.2) is 0 Å². The predicted molar refractivity (Wildman–Crippen MR) is 47.5 cm³/mol. The number of rotatable bonds is 1. The molecule has 0 aliphatic carbocycles. The first-order valence-corrected chi connectivity index (χ1v) is 4.36. The van der Waals surface area contributed by atoms with E-state index in [9.17, 15) is 4.79 Å². The Morgan fingerprint density at radius 1 is 1.64 bits per heavy atom. The van der Waals surface area contributed by atoms with Crippen LogP contribution < -0.4 is 0 Å². The lowest BCUT2D eigenvalue weighted by Gasteiger charge is -1.93. The van der Waals surface area contributed by atoms with Crippen molar-refractivity contribution in [1.82, 2.24) is 4.98 Å². The SMILES string of the molecule is COC(=O)c1cc(Br)[nH]c1Br. The molecule has 0 amide bonds. The van der Waals surface area contributed by atoms with E-state index in [4.69, 9.17) is 0 Å². The number of carbonyl (C=O) groups is 1. The number of aromatic amines is 1. The van der Waals surface area contributed by atoms with Crippen molar-refractivity contribution in [3.05, 3.63) is 20.8 Å².